The van der Waals surface area contributed by atoms with E-state index in [2.05, 4.69) is 10.3 Å². The Balaban J connectivity index is 2.07. The second-order valence-electron chi connectivity index (χ2n) is 4.28. The summed E-state index contributed by atoms with van der Waals surface area (Å²) in [4.78, 5) is 15.2. The number of nitrogens with zero attached hydrogens (tertiary/aromatic N) is 1. The van der Waals surface area contributed by atoms with Crippen molar-refractivity contribution in [1.82, 2.24) is 10.3 Å². The number of carbonyl (C=O) groups is 1. The number of pyridine rings is 1. The van der Waals surface area contributed by atoms with Crippen LogP contribution in [-0.4, -0.2) is 27.6 Å². The molecule has 1 aromatic heterocycles. The molecule has 1 heterocycles. The molecule has 1 fully saturated rings. The van der Waals surface area contributed by atoms with Crippen LogP contribution in [0.2, 0.25) is 0 Å². The topological polar surface area (TPSA) is 62.2 Å². The Morgan fingerprint density at radius 1 is 1.75 bits per heavy atom. The molecule has 0 aromatic carbocycles. The van der Waals surface area contributed by atoms with E-state index in [0.29, 0.717) is 12.8 Å². The van der Waals surface area contributed by atoms with Crippen molar-refractivity contribution in [2.45, 2.75) is 31.4 Å². The molecule has 1 aliphatic rings. The van der Waals surface area contributed by atoms with Gasteiger partial charge in [0, 0.05) is 6.20 Å². The molecule has 1 aromatic rings. The van der Waals surface area contributed by atoms with Gasteiger partial charge in [0.05, 0.1) is 23.4 Å². The van der Waals surface area contributed by atoms with Crippen molar-refractivity contribution in [3.8, 4) is 0 Å². The van der Waals surface area contributed by atoms with Crippen LogP contribution in [0.5, 0.6) is 0 Å². The number of carbonyl (C=O) groups excluding carboxylic acids is 1. The third-order valence-corrected chi connectivity index (χ3v) is 3.01. The number of nitrogens with one attached hydrogen (secondary N) is 1. The van der Waals surface area contributed by atoms with Gasteiger partial charge in [-0.05, 0) is 25.8 Å². The van der Waals surface area contributed by atoms with Crippen LogP contribution in [0.25, 0.3) is 0 Å². The quantitative estimate of drug-likeness (QED) is 0.783. The first-order chi connectivity index (χ1) is 7.50. The zero-order valence-electron chi connectivity index (χ0n) is 8.90. The summed E-state index contributed by atoms with van der Waals surface area (Å²) in [6.45, 7) is 1.66. The van der Waals surface area contributed by atoms with Crippen LogP contribution in [0, 0.1) is 5.82 Å². The number of hydrogen-bond acceptors (Lipinski definition) is 3. The number of hydrogen-bond donors (Lipinski definition) is 2. The van der Waals surface area contributed by atoms with Crippen LogP contribution >= 0.6 is 0 Å². The second kappa shape index (κ2) is 3.83. The predicted octanol–water partition coefficient (Wildman–Crippen LogP) is 0.864. The molecular weight excluding hydrogens is 211 g/mol. The first-order valence-electron chi connectivity index (χ1n) is 5.13. The fraction of sp³-hybridized carbons (Fsp3) is 0.455. The fourth-order valence-electron chi connectivity index (χ4n) is 1.73. The van der Waals surface area contributed by atoms with Gasteiger partial charge in [-0.15, -0.1) is 0 Å². The number of rotatable bonds is 2. The van der Waals surface area contributed by atoms with E-state index in [-0.39, 0.29) is 11.6 Å². The third-order valence-electron chi connectivity index (χ3n) is 3.01. The Labute approximate surface area is 92.5 Å². The molecule has 0 radical (unpaired) electrons. The number of halogens is 1. The van der Waals surface area contributed by atoms with Crippen LogP contribution < -0.4 is 5.32 Å². The van der Waals surface area contributed by atoms with E-state index in [0.717, 1.165) is 6.20 Å². The number of amides is 1. The van der Waals surface area contributed by atoms with E-state index in [1.807, 2.05) is 0 Å². The van der Waals surface area contributed by atoms with E-state index in [1.165, 1.54) is 12.3 Å². The summed E-state index contributed by atoms with van der Waals surface area (Å²) >= 11 is 0. The van der Waals surface area contributed by atoms with Gasteiger partial charge >= 0.3 is 0 Å². The number of aliphatic hydroxyl groups is 1. The highest BCUT2D eigenvalue weighted by Gasteiger charge is 2.41. The Bertz CT molecular complexity index is 420. The Morgan fingerprint density at radius 3 is 3.00 bits per heavy atom. The molecule has 0 unspecified atom stereocenters. The van der Waals surface area contributed by atoms with Gasteiger partial charge in [0.15, 0.2) is 5.82 Å². The van der Waals surface area contributed by atoms with Crippen LogP contribution in [0.1, 0.15) is 30.1 Å². The number of aromatic nitrogens is 1. The third kappa shape index (κ3) is 1.90. The minimum absolute atomic E-state index is 0.0438. The highest BCUT2D eigenvalue weighted by Crippen LogP contribution is 2.31. The maximum atomic E-state index is 13.2. The summed E-state index contributed by atoms with van der Waals surface area (Å²) < 4.78 is 13.2. The van der Waals surface area contributed by atoms with Crippen LogP contribution in [0.15, 0.2) is 18.5 Å². The highest BCUT2D eigenvalue weighted by atomic mass is 19.1. The molecule has 1 amide bonds. The largest absolute Gasteiger partial charge is 0.388 e. The van der Waals surface area contributed by atoms with E-state index in [4.69, 9.17) is 0 Å². The Morgan fingerprint density at radius 2 is 2.50 bits per heavy atom. The van der Waals surface area contributed by atoms with E-state index < -0.39 is 17.3 Å². The van der Waals surface area contributed by atoms with Gasteiger partial charge in [0.2, 0.25) is 0 Å². The highest BCUT2D eigenvalue weighted by molar-refractivity contribution is 5.94. The lowest BCUT2D eigenvalue weighted by Crippen LogP contribution is -2.58. The second-order valence-corrected chi connectivity index (χ2v) is 4.28. The molecule has 5 heteroatoms. The van der Waals surface area contributed by atoms with Gasteiger partial charge in [-0.2, -0.15) is 0 Å². The first kappa shape index (κ1) is 11.0. The molecule has 0 saturated heterocycles. The molecule has 0 spiro atoms. The molecule has 4 nitrogen and oxygen atoms in total. The van der Waals surface area contributed by atoms with Crippen LogP contribution in [0.3, 0.4) is 0 Å². The fourth-order valence-corrected chi connectivity index (χ4v) is 1.73. The zero-order chi connectivity index (χ0) is 11.8. The smallest absolute Gasteiger partial charge is 0.254 e. The summed E-state index contributed by atoms with van der Waals surface area (Å²) in [7, 11) is 0. The molecule has 2 N–H and O–H groups in total. The lowest BCUT2D eigenvalue weighted by molar-refractivity contribution is -0.0487. The summed E-state index contributed by atoms with van der Waals surface area (Å²) in [5.41, 5.74) is -0.920. The van der Waals surface area contributed by atoms with Crippen molar-refractivity contribution in [2.24, 2.45) is 0 Å². The van der Waals surface area contributed by atoms with Crippen molar-refractivity contribution in [3.63, 3.8) is 0 Å². The molecule has 0 bridgehead atoms. The lowest BCUT2D eigenvalue weighted by Gasteiger charge is -2.42. The SMILES string of the molecule is C[C@@]1(O)CC[C@H]1NC(=O)c1ccncc1F. The zero-order valence-corrected chi connectivity index (χ0v) is 8.90. The van der Waals surface area contributed by atoms with E-state index in [9.17, 15) is 14.3 Å². The molecular formula is C11H13FN2O2. The molecule has 16 heavy (non-hydrogen) atoms. The molecule has 1 saturated carbocycles. The molecule has 2 atom stereocenters. The molecule has 86 valence electrons. The molecule has 1 aliphatic carbocycles. The minimum Gasteiger partial charge on any atom is -0.388 e. The Hall–Kier alpha value is -1.49. The predicted molar refractivity (Wildman–Crippen MR) is 55.3 cm³/mol. The van der Waals surface area contributed by atoms with Gasteiger partial charge < -0.3 is 10.4 Å². The maximum absolute atomic E-state index is 13.2. The summed E-state index contributed by atoms with van der Waals surface area (Å²) in [6.07, 6.45) is 3.72. The van der Waals surface area contributed by atoms with Gasteiger partial charge in [-0.1, -0.05) is 0 Å². The summed E-state index contributed by atoms with van der Waals surface area (Å²) in [6, 6.07) is 1.02. The average molecular weight is 224 g/mol. The van der Waals surface area contributed by atoms with Crippen molar-refractivity contribution in [1.29, 1.82) is 0 Å². The molecule has 0 aliphatic heterocycles. The minimum atomic E-state index is -0.876. The van der Waals surface area contributed by atoms with Crippen molar-refractivity contribution in [3.05, 3.63) is 29.8 Å². The maximum Gasteiger partial charge on any atom is 0.254 e. The van der Waals surface area contributed by atoms with Crippen LogP contribution in [0.4, 0.5) is 4.39 Å². The van der Waals surface area contributed by atoms with Crippen molar-refractivity contribution in [2.75, 3.05) is 0 Å². The van der Waals surface area contributed by atoms with E-state index >= 15 is 0 Å². The molecule has 2 rings (SSSR count). The lowest BCUT2D eigenvalue weighted by atomic mass is 9.76. The van der Waals surface area contributed by atoms with Gasteiger partial charge in [-0.3, -0.25) is 9.78 Å². The van der Waals surface area contributed by atoms with E-state index in [1.54, 1.807) is 6.92 Å². The summed E-state index contributed by atoms with van der Waals surface area (Å²) in [5.74, 6) is -1.16. The monoisotopic (exact) mass is 224 g/mol. The Kier molecular flexibility index (Phi) is 2.63. The summed E-state index contributed by atoms with van der Waals surface area (Å²) in [5, 5.41) is 12.3. The first-order valence-corrected chi connectivity index (χ1v) is 5.13. The van der Waals surface area contributed by atoms with Gasteiger partial charge in [-0.25, -0.2) is 4.39 Å². The average Bonchev–Trinajstić information content (AvgIpc) is 2.25. The van der Waals surface area contributed by atoms with Crippen molar-refractivity contribution < 1.29 is 14.3 Å². The van der Waals surface area contributed by atoms with Gasteiger partial charge in [0.25, 0.3) is 5.91 Å². The van der Waals surface area contributed by atoms with Gasteiger partial charge in [0.1, 0.15) is 0 Å². The van der Waals surface area contributed by atoms with Crippen molar-refractivity contribution >= 4 is 5.91 Å². The van der Waals surface area contributed by atoms with Crippen LogP contribution in [-0.2, 0) is 0 Å². The normalized spacial score (nSPS) is 28.3. The standard InChI is InChI=1S/C11H13FN2O2/c1-11(16)4-2-9(11)14-10(15)7-3-5-13-6-8(7)12/h3,5-6,9,16H,2,4H2,1H3,(H,14,15)/t9-,11-/m1/s1.